The Kier molecular flexibility index (Phi) is 5.14. The van der Waals surface area contributed by atoms with Crippen LogP contribution in [0.25, 0.3) is 0 Å². The summed E-state index contributed by atoms with van der Waals surface area (Å²) in [6.45, 7) is 8.95. The molecular weight excluding hydrogens is 238 g/mol. The molecule has 0 spiro atoms. The van der Waals surface area contributed by atoms with E-state index in [9.17, 15) is 0 Å². The van der Waals surface area contributed by atoms with Gasteiger partial charge in [-0.25, -0.2) is 9.97 Å². The molecule has 1 heterocycles. The standard InChI is InChI=1S/C15H25N3O/c1-11(2)14-9-12(3)17-15(18-14)16-7-4-8-19-10-13-5-6-13/h9,11,13H,4-8,10H2,1-3H3,(H,16,17,18). The summed E-state index contributed by atoms with van der Waals surface area (Å²) in [5.41, 5.74) is 2.12. The van der Waals surface area contributed by atoms with Gasteiger partial charge in [-0.3, -0.25) is 0 Å². The quantitative estimate of drug-likeness (QED) is 0.732. The average Bonchev–Trinajstić information content (AvgIpc) is 3.17. The van der Waals surface area contributed by atoms with E-state index in [1.54, 1.807) is 0 Å². The molecule has 1 aromatic rings. The lowest BCUT2D eigenvalue weighted by Gasteiger charge is -2.10. The molecule has 0 unspecified atom stereocenters. The maximum Gasteiger partial charge on any atom is 0.223 e. The Bertz CT molecular complexity index is 402. The zero-order chi connectivity index (χ0) is 13.7. The molecule has 1 aliphatic rings. The summed E-state index contributed by atoms with van der Waals surface area (Å²) in [6.07, 6.45) is 3.71. The third kappa shape index (κ3) is 5.15. The molecule has 0 saturated heterocycles. The Morgan fingerprint density at radius 3 is 2.84 bits per heavy atom. The van der Waals surface area contributed by atoms with Gasteiger partial charge in [-0.1, -0.05) is 13.8 Å². The monoisotopic (exact) mass is 263 g/mol. The number of rotatable bonds is 8. The van der Waals surface area contributed by atoms with E-state index in [2.05, 4.69) is 35.2 Å². The van der Waals surface area contributed by atoms with Crippen LogP contribution in [0, 0.1) is 12.8 Å². The van der Waals surface area contributed by atoms with Crippen molar-refractivity contribution in [3.05, 3.63) is 17.5 Å². The van der Waals surface area contributed by atoms with Crippen molar-refractivity contribution in [3.63, 3.8) is 0 Å². The van der Waals surface area contributed by atoms with Crippen molar-refractivity contribution in [1.29, 1.82) is 0 Å². The van der Waals surface area contributed by atoms with Crippen LogP contribution in [0.1, 0.15) is 50.4 Å². The van der Waals surface area contributed by atoms with Crippen LogP contribution in [0.3, 0.4) is 0 Å². The number of aryl methyl sites for hydroxylation is 1. The zero-order valence-corrected chi connectivity index (χ0v) is 12.3. The largest absolute Gasteiger partial charge is 0.381 e. The zero-order valence-electron chi connectivity index (χ0n) is 12.3. The highest BCUT2D eigenvalue weighted by Gasteiger charge is 2.20. The Labute approximate surface area is 116 Å². The van der Waals surface area contributed by atoms with Crippen LogP contribution in [0.2, 0.25) is 0 Å². The van der Waals surface area contributed by atoms with E-state index < -0.39 is 0 Å². The minimum absolute atomic E-state index is 0.434. The van der Waals surface area contributed by atoms with E-state index >= 15 is 0 Å². The van der Waals surface area contributed by atoms with Crippen molar-refractivity contribution < 1.29 is 4.74 Å². The molecular formula is C15H25N3O. The first kappa shape index (κ1) is 14.3. The Morgan fingerprint density at radius 2 is 2.16 bits per heavy atom. The number of ether oxygens (including phenoxy) is 1. The molecule has 1 aromatic heterocycles. The number of anilines is 1. The molecule has 0 bridgehead atoms. The van der Waals surface area contributed by atoms with Gasteiger partial charge in [0.25, 0.3) is 0 Å². The van der Waals surface area contributed by atoms with Crippen molar-refractivity contribution in [2.75, 3.05) is 25.1 Å². The summed E-state index contributed by atoms with van der Waals surface area (Å²) in [6, 6.07) is 2.05. The third-order valence-electron chi connectivity index (χ3n) is 3.26. The topological polar surface area (TPSA) is 47.0 Å². The molecule has 0 radical (unpaired) electrons. The van der Waals surface area contributed by atoms with Gasteiger partial charge in [0.2, 0.25) is 5.95 Å². The molecule has 1 fully saturated rings. The summed E-state index contributed by atoms with van der Waals surface area (Å²) in [7, 11) is 0. The number of nitrogens with one attached hydrogen (secondary N) is 1. The van der Waals surface area contributed by atoms with Gasteiger partial charge in [0, 0.05) is 31.1 Å². The van der Waals surface area contributed by atoms with Gasteiger partial charge in [-0.05, 0) is 44.1 Å². The lowest BCUT2D eigenvalue weighted by molar-refractivity contribution is 0.124. The molecule has 4 nitrogen and oxygen atoms in total. The Hall–Kier alpha value is -1.16. The molecule has 0 amide bonds. The van der Waals surface area contributed by atoms with Crippen LogP contribution in [0.5, 0.6) is 0 Å². The van der Waals surface area contributed by atoms with Gasteiger partial charge in [-0.2, -0.15) is 0 Å². The summed E-state index contributed by atoms with van der Waals surface area (Å²) in [5, 5.41) is 3.28. The van der Waals surface area contributed by atoms with Crippen LogP contribution < -0.4 is 5.32 Å². The second-order valence-corrected chi connectivity index (χ2v) is 5.71. The smallest absolute Gasteiger partial charge is 0.223 e. The number of hydrogen-bond acceptors (Lipinski definition) is 4. The van der Waals surface area contributed by atoms with Crippen LogP contribution in [-0.2, 0) is 4.74 Å². The first-order chi connectivity index (χ1) is 9.15. The normalized spacial score (nSPS) is 14.9. The lowest BCUT2D eigenvalue weighted by atomic mass is 10.1. The molecule has 0 aromatic carbocycles. The Balaban J connectivity index is 1.69. The van der Waals surface area contributed by atoms with Crippen molar-refractivity contribution >= 4 is 5.95 Å². The van der Waals surface area contributed by atoms with E-state index in [1.165, 1.54) is 12.8 Å². The van der Waals surface area contributed by atoms with Crippen LogP contribution in [0.15, 0.2) is 6.07 Å². The fourth-order valence-electron chi connectivity index (χ4n) is 1.88. The first-order valence-corrected chi connectivity index (χ1v) is 7.32. The highest BCUT2D eigenvalue weighted by atomic mass is 16.5. The molecule has 106 valence electrons. The maximum absolute atomic E-state index is 5.60. The van der Waals surface area contributed by atoms with E-state index in [-0.39, 0.29) is 0 Å². The van der Waals surface area contributed by atoms with Gasteiger partial charge >= 0.3 is 0 Å². The van der Waals surface area contributed by atoms with Crippen molar-refractivity contribution in [2.24, 2.45) is 5.92 Å². The summed E-state index contributed by atoms with van der Waals surface area (Å²) in [5.74, 6) is 2.02. The van der Waals surface area contributed by atoms with Gasteiger partial charge < -0.3 is 10.1 Å². The maximum atomic E-state index is 5.60. The van der Waals surface area contributed by atoms with Gasteiger partial charge in [0.15, 0.2) is 0 Å². The van der Waals surface area contributed by atoms with Crippen LogP contribution >= 0.6 is 0 Å². The summed E-state index contributed by atoms with van der Waals surface area (Å²) < 4.78 is 5.60. The van der Waals surface area contributed by atoms with E-state index in [0.717, 1.165) is 49.4 Å². The first-order valence-electron chi connectivity index (χ1n) is 7.32. The molecule has 4 heteroatoms. The van der Waals surface area contributed by atoms with E-state index in [4.69, 9.17) is 4.74 Å². The highest BCUT2D eigenvalue weighted by Crippen LogP contribution is 2.28. The van der Waals surface area contributed by atoms with Crippen LogP contribution in [0.4, 0.5) is 5.95 Å². The van der Waals surface area contributed by atoms with E-state index in [1.807, 2.05) is 6.92 Å². The van der Waals surface area contributed by atoms with Gasteiger partial charge in [-0.15, -0.1) is 0 Å². The van der Waals surface area contributed by atoms with Crippen molar-refractivity contribution in [3.8, 4) is 0 Å². The highest BCUT2D eigenvalue weighted by molar-refractivity contribution is 5.28. The average molecular weight is 263 g/mol. The number of hydrogen-bond donors (Lipinski definition) is 1. The van der Waals surface area contributed by atoms with Gasteiger partial charge in [0.05, 0.1) is 0 Å². The predicted octanol–water partition coefficient (Wildman–Crippen LogP) is 3.14. The molecule has 19 heavy (non-hydrogen) atoms. The molecule has 0 aliphatic heterocycles. The Morgan fingerprint density at radius 1 is 1.37 bits per heavy atom. The number of aromatic nitrogens is 2. The third-order valence-corrected chi connectivity index (χ3v) is 3.26. The van der Waals surface area contributed by atoms with Crippen LogP contribution in [-0.4, -0.2) is 29.7 Å². The molecule has 0 atom stereocenters. The molecule has 2 rings (SSSR count). The SMILES string of the molecule is Cc1cc(C(C)C)nc(NCCCOCC2CC2)n1. The number of nitrogens with zero attached hydrogens (tertiary/aromatic N) is 2. The second kappa shape index (κ2) is 6.85. The fourth-order valence-corrected chi connectivity index (χ4v) is 1.88. The fraction of sp³-hybridized carbons (Fsp3) is 0.733. The minimum Gasteiger partial charge on any atom is -0.381 e. The minimum atomic E-state index is 0.434. The van der Waals surface area contributed by atoms with E-state index in [0.29, 0.717) is 5.92 Å². The van der Waals surface area contributed by atoms with Crippen molar-refractivity contribution in [2.45, 2.75) is 46.0 Å². The summed E-state index contributed by atoms with van der Waals surface area (Å²) >= 11 is 0. The summed E-state index contributed by atoms with van der Waals surface area (Å²) in [4.78, 5) is 8.94. The van der Waals surface area contributed by atoms with Gasteiger partial charge in [0.1, 0.15) is 0 Å². The van der Waals surface area contributed by atoms with Crippen molar-refractivity contribution in [1.82, 2.24) is 9.97 Å². The predicted molar refractivity (Wildman–Crippen MR) is 77.5 cm³/mol. The molecule has 1 aliphatic carbocycles. The lowest BCUT2D eigenvalue weighted by Crippen LogP contribution is -2.10. The molecule has 1 N–H and O–H groups in total. The molecule has 1 saturated carbocycles. The second-order valence-electron chi connectivity index (χ2n) is 5.71.